The second kappa shape index (κ2) is 11.1. The second-order valence-corrected chi connectivity index (χ2v) is 6.61. The molecule has 2 amide bonds. The van der Waals surface area contributed by atoms with Gasteiger partial charge in [-0.15, -0.1) is 0 Å². The summed E-state index contributed by atoms with van der Waals surface area (Å²) in [5.74, 6) is 0.167. The molecule has 1 aliphatic heterocycles. The molecule has 158 valence electrons. The van der Waals surface area contributed by atoms with Crippen molar-refractivity contribution in [2.75, 3.05) is 40.0 Å². The van der Waals surface area contributed by atoms with E-state index in [1.54, 1.807) is 29.2 Å². The molecule has 1 saturated heterocycles. The zero-order valence-corrected chi connectivity index (χ0v) is 16.8. The Morgan fingerprint density at radius 3 is 2.50 bits per heavy atom. The molecule has 1 atom stereocenters. The lowest BCUT2D eigenvalue weighted by Crippen LogP contribution is -2.42. The minimum absolute atomic E-state index is 0.0125. The van der Waals surface area contributed by atoms with E-state index < -0.39 is 6.10 Å². The Morgan fingerprint density at radius 2 is 1.83 bits per heavy atom. The van der Waals surface area contributed by atoms with Gasteiger partial charge in [-0.1, -0.05) is 30.3 Å². The van der Waals surface area contributed by atoms with Crippen molar-refractivity contribution in [1.29, 1.82) is 0 Å². The molecule has 0 unspecified atom stereocenters. The molecule has 2 aromatic rings. The summed E-state index contributed by atoms with van der Waals surface area (Å²) in [7, 11) is 1.48. The van der Waals surface area contributed by atoms with Gasteiger partial charge in [-0.3, -0.25) is 9.59 Å². The Balaban J connectivity index is 1.47. The first-order chi connectivity index (χ1) is 14.7. The lowest BCUT2D eigenvalue weighted by atomic mass is 10.1. The summed E-state index contributed by atoms with van der Waals surface area (Å²) >= 11 is 0. The van der Waals surface area contributed by atoms with Gasteiger partial charge in [0.05, 0.1) is 19.4 Å². The van der Waals surface area contributed by atoms with Crippen molar-refractivity contribution in [3.05, 3.63) is 65.7 Å². The van der Waals surface area contributed by atoms with Crippen LogP contribution in [0, 0.1) is 0 Å². The molecule has 8 heteroatoms. The van der Waals surface area contributed by atoms with E-state index in [1.165, 1.54) is 13.3 Å². The van der Waals surface area contributed by atoms with Gasteiger partial charge < -0.3 is 19.1 Å². The molecule has 0 aliphatic carbocycles. The lowest BCUT2D eigenvalue weighted by molar-refractivity contribution is -0.137. The van der Waals surface area contributed by atoms with Gasteiger partial charge >= 0.3 is 0 Å². The summed E-state index contributed by atoms with van der Waals surface area (Å²) < 4.78 is 16.1. The highest BCUT2D eigenvalue weighted by Crippen LogP contribution is 2.16. The van der Waals surface area contributed by atoms with E-state index in [4.69, 9.17) is 14.2 Å². The molecule has 0 saturated carbocycles. The van der Waals surface area contributed by atoms with Crippen molar-refractivity contribution in [2.24, 2.45) is 5.10 Å². The van der Waals surface area contributed by atoms with Crippen LogP contribution in [0.4, 0.5) is 0 Å². The number of hydrazone groups is 1. The van der Waals surface area contributed by atoms with E-state index in [1.807, 2.05) is 30.3 Å². The number of methoxy groups -OCH3 is 1. The molecule has 1 fully saturated rings. The maximum Gasteiger partial charge on any atom is 0.273 e. The lowest BCUT2D eigenvalue weighted by Gasteiger charge is -2.26. The van der Waals surface area contributed by atoms with Crippen LogP contribution >= 0.6 is 0 Å². The van der Waals surface area contributed by atoms with Gasteiger partial charge in [-0.2, -0.15) is 5.10 Å². The van der Waals surface area contributed by atoms with Crippen LogP contribution in [0.15, 0.2) is 59.7 Å². The molecule has 0 bridgehead atoms. The number of amides is 2. The first-order valence-electron chi connectivity index (χ1n) is 9.66. The summed E-state index contributed by atoms with van der Waals surface area (Å²) in [6.45, 7) is 2.30. The minimum atomic E-state index is -0.733. The quantitative estimate of drug-likeness (QED) is 0.528. The molecular weight excluding hydrogens is 386 g/mol. The third-order valence-corrected chi connectivity index (χ3v) is 4.57. The van der Waals surface area contributed by atoms with Crippen molar-refractivity contribution in [2.45, 2.75) is 6.10 Å². The molecule has 3 rings (SSSR count). The number of hydrogen-bond donors (Lipinski definition) is 1. The number of benzene rings is 2. The van der Waals surface area contributed by atoms with Gasteiger partial charge in [-0.05, 0) is 35.4 Å². The Morgan fingerprint density at radius 1 is 1.13 bits per heavy atom. The van der Waals surface area contributed by atoms with Crippen LogP contribution in [0.1, 0.15) is 17.2 Å². The molecule has 30 heavy (non-hydrogen) atoms. The third-order valence-electron chi connectivity index (χ3n) is 4.57. The highest BCUT2D eigenvalue weighted by molar-refractivity contribution is 5.85. The normalized spacial score (nSPS) is 15.0. The van der Waals surface area contributed by atoms with Gasteiger partial charge in [0.1, 0.15) is 5.75 Å². The van der Waals surface area contributed by atoms with Gasteiger partial charge in [0.15, 0.2) is 12.7 Å². The fraction of sp³-hybridized carbons (Fsp3) is 0.318. The van der Waals surface area contributed by atoms with Gasteiger partial charge in [-0.25, -0.2) is 5.43 Å². The number of carbonyl (C=O) groups is 2. The summed E-state index contributed by atoms with van der Waals surface area (Å²) in [6.07, 6.45) is 0.793. The molecule has 0 spiro atoms. The molecule has 1 heterocycles. The number of ether oxygens (including phenoxy) is 3. The summed E-state index contributed by atoms with van der Waals surface area (Å²) in [5, 5.41) is 3.98. The van der Waals surface area contributed by atoms with Crippen molar-refractivity contribution < 1.29 is 23.8 Å². The third kappa shape index (κ3) is 6.13. The van der Waals surface area contributed by atoms with Crippen LogP contribution < -0.4 is 10.2 Å². The zero-order chi connectivity index (χ0) is 21.2. The van der Waals surface area contributed by atoms with E-state index in [2.05, 4.69) is 10.5 Å². The summed E-state index contributed by atoms with van der Waals surface area (Å²) in [5.41, 5.74) is 4.01. The number of carbonyl (C=O) groups excluding carboxylic acids is 2. The average molecular weight is 411 g/mol. The average Bonchev–Trinajstić information content (AvgIpc) is 2.80. The van der Waals surface area contributed by atoms with Crippen LogP contribution in [0.2, 0.25) is 0 Å². The Kier molecular flexibility index (Phi) is 7.94. The molecule has 0 aromatic heterocycles. The smallest absolute Gasteiger partial charge is 0.273 e. The topological polar surface area (TPSA) is 89.5 Å². The van der Waals surface area contributed by atoms with Gasteiger partial charge in [0.2, 0.25) is 0 Å². The SMILES string of the molecule is CO[C@@H](C(=O)N/N=C\c1ccc(OCC(=O)N2CCOCC2)cc1)c1ccccc1. The first-order valence-corrected chi connectivity index (χ1v) is 9.66. The Labute approximate surface area is 175 Å². The van der Waals surface area contributed by atoms with Gasteiger partial charge in [0.25, 0.3) is 11.8 Å². The van der Waals surface area contributed by atoms with Crippen molar-refractivity contribution in [1.82, 2.24) is 10.3 Å². The van der Waals surface area contributed by atoms with Crippen molar-refractivity contribution in [3.63, 3.8) is 0 Å². The van der Waals surface area contributed by atoms with Crippen molar-refractivity contribution in [3.8, 4) is 5.75 Å². The standard InChI is InChI=1S/C22H25N3O5/c1-28-21(18-5-3-2-4-6-18)22(27)24-23-15-17-7-9-19(10-8-17)30-16-20(26)25-11-13-29-14-12-25/h2-10,15,21H,11-14,16H2,1H3,(H,24,27)/b23-15-/t21-/m1/s1. The number of morpholine rings is 1. The fourth-order valence-electron chi connectivity index (χ4n) is 2.95. The zero-order valence-electron chi connectivity index (χ0n) is 16.8. The van der Waals surface area contributed by atoms with Gasteiger partial charge in [0, 0.05) is 20.2 Å². The van der Waals surface area contributed by atoms with E-state index in [0.717, 1.165) is 11.1 Å². The molecule has 2 aromatic carbocycles. The summed E-state index contributed by atoms with van der Waals surface area (Å²) in [6, 6.07) is 16.3. The second-order valence-electron chi connectivity index (χ2n) is 6.61. The van der Waals surface area contributed by atoms with E-state index in [0.29, 0.717) is 32.1 Å². The van der Waals surface area contributed by atoms with E-state index in [9.17, 15) is 9.59 Å². The number of rotatable bonds is 8. The predicted octanol–water partition coefficient (Wildman–Crippen LogP) is 1.76. The fourth-order valence-corrected chi connectivity index (χ4v) is 2.95. The van der Waals surface area contributed by atoms with E-state index >= 15 is 0 Å². The highest BCUT2D eigenvalue weighted by atomic mass is 16.5. The first kappa shape index (κ1) is 21.5. The monoisotopic (exact) mass is 411 g/mol. The number of nitrogens with zero attached hydrogens (tertiary/aromatic N) is 2. The molecule has 0 radical (unpaired) electrons. The molecule has 1 N–H and O–H groups in total. The molecule has 8 nitrogen and oxygen atoms in total. The summed E-state index contributed by atoms with van der Waals surface area (Å²) in [4.78, 5) is 26.1. The maximum absolute atomic E-state index is 12.3. The predicted molar refractivity (Wildman–Crippen MR) is 111 cm³/mol. The van der Waals surface area contributed by atoms with Crippen LogP contribution in [-0.2, 0) is 19.1 Å². The van der Waals surface area contributed by atoms with Crippen LogP contribution in [0.25, 0.3) is 0 Å². The number of nitrogens with one attached hydrogen (secondary N) is 1. The highest BCUT2D eigenvalue weighted by Gasteiger charge is 2.19. The minimum Gasteiger partial charge on any atom is -0.484 e. The molecular formula is C22H25N3O5. The van der Waals surface area contributed by atoms with Crippen LogP contribution in [-0.4, -0.2) is 62.9 Å². The van der Waals surface area contributed by atoms with Crippen LogP contribution in [0.3, 0.4) is 0 Å². The molecule has 1 aliphatic rings. The van der Waals surface area contributed by atoms with Crippen molar-refractivity contribution >= 4 is 18.0 Å². The Bertz CT molecular complexity index is 849. The Hall–Kier alpha value is -3.23. The van der Waals surface area contributed by atoms with Crippen LogP contribution in [0.5, 0.6) is 5.75 Å². The van der Waals surface area contributed by atoms with E-state index in [-0.39, 0.29) is 18.4 Å². The largest absolute Gasteiger partial charge is 0.484 e. The maximum atomic E-state index is 12.3. The number of hydrogen-bond acceptors (Lipinski definition) is 6.